The maximum Gasteiger partial charge on any atom is 0.231 e. The lowest BCUT2D eigenvalue weighted by Crippen LogP contribution is -1.86. The summed E-state index contributed by atoms with van der Waals surface area (Å²) in [7, 11) is 0. The molecule has 1 rings (SSSR count). The molecule has 1 fully saturated rings. The molecular weight excluding hydrogens is 178 g/mol. The van der Waals surface area contributed by atoms with Crippen LogP contribution in [0.15, 0.2) is 5.11 Å². The monoisotopic (exact) mass is 185 g/mol. The van der Waals surface area contributed by atoms with E-state index in [-0.39, 0.29) is 6.10 Å². The Hall–Kier alpha value is -1.97. The van der Waals surface area contributed by atoms with Gasteiger partial charge < -0.3 is 4.74 Å². The summed E-state index contributed by atoms with van der Waals surface area (Å²) in [6.45, 7) is 1.26. The molecule has 0 aliphatic carbocycles. The number of azide groups is 1. The van der Waals surface area contributed by atoms with Crippen LogP contribution in [-0.4, -0.2) is 31.4 Å². The highest BCUT2D eigenvalue weighted by Gasteiger charge is 2.20. The van der Waals surface area contributed by atoms with Gasteiger partial charge in [-0.2, -0.15) is 0 Å². The molecule has 1 heterocycles. The Morgan fingerprint density at radius 2 is 1.92 bits per heavy atom. The normalized spacial score (nSPS) is 15.2. The average Bonchev–Trinajstić information content (AvgIpc) is 2.87. The summed E-state index contributed by atoms with van der Waals surface area (Å²) in [4.78, 5) is 19.3. The van der Waals surface area contributed by atoms with E-state index in [1.807, 2.05) is 0 Å². The fraction of sp³-hybridized carbons (Fsp3) is 0.600. The molecule has 1 atom stereocenters. The highest BCUT2D eigenvalue weighted by Crippen LogP contribution is 2.07. The van der Waals surface area contributed by atoms with E-state index in [0.29, 0.717) is 6.54 Å². The zero-order valence-corrected chi connectivity index (χ0v) is 6.56. The Morgan fingerprint density at radius 1 is 1.54 bits per heavy atom. The third-order valence-corrected chi connectivity index (χ3v) is 0.751. The van der Waals surface area contributed by atoms with Crippen molar-refractivity contribution in [2.45, 2.75) is 6.10 Å². The first-order valence-electron chi connectivity index (χ1n) is 2.97. The first kappa shape index (κ1) is 13.6. The Balaban J connectivity index is 0. The van der Waals surface area contributed by atoms with Crippen LogP contribution in [-0.2, 0) is 14.3 Å². The van der Waals surface area contributed by atoms with Gasteiger partial charge in [0.2, 0.25) is 12.2 Å². The standard InChI is InChI=1S/C3H5N3O.2CHNO/c4-6-5-1-3-2-7-3;2*2-1-3/h3H,1-2H2;2*2H. The molecule has 8 nitrogen and oxygen atoms in total. The number of nitrogens with one attached hydrogen (secondary N) is 2. The predicted octanol–water partition coefficient (Wildman–Crippen LogP) is 0.497. The van der Waals surface area contributed by atoms with E-state index in [1.54, 1.807) is 0 Å². The second kappa shape index (κ2) is 12.7. The van der Waals surface area contributed by atoms with Gasteiger partial charge in [-0.3, -0.25) is 0 Å². The summed E-state index contributed by atoms with van der Waals surface area (Å²) in [5.74, 6) is 0. The topological polar surface area (TPSA) is 143 Å². The zero-order valence-electron chi connectivity index (χ0n) is 6.56. The average molecular weight is 185 g/mol. The number of hydrogen-bond donors (Lipinski definition) is 2. The number of epoxide rings is 1. The summed E-state index contributed by atoms with van der Waals surface area (Å²) < 4.78 is 4.75. The molecule has 1 aliphatic rings. The van der Waals surface area contributed by atoms with Gasteiger partial charge in [-0.25, -0.2) is 20.4 Å². The number of nitrogens with zero attached hydrogens (tertiary/aromatic N) is 3. The predicted molar refractivity (Wildman–Crippen MR) is 40.6 cm³/mol. The summed E-state index contributed by atoms with van der Waals surface area (Å²) >= 11 is 0. The maximum absolute atomic E-state index is 8.35. The van der Waals surface area contributed by atoms with Crippen LogP contribution in [0.4, 0.5) is 0 Å². The van der Waals surface area contributed by atoms with E-state index in [1.165, 1.54) is 0 Å². The van der Waals surface area contributed by atoms with Crippen molar-refractivity contribution in [1.82, 2.24) is 0 Å². The smallest absolute Gasteiger partial charge is 0.231 e. The third-order valence-electron chi connectivity index (χ3n) is 0.751. The van der Waals surface area contributed by atoms with Crippen LogP contribution >= 0.6 is 0 Å². The van der Waals surface area contributed by atoms with E-state index in [2.05, 4.69) is 10.0 Å². The van der Waals surface area contributed by atoms with E-state index >= 15 is 0 Å². The van der Waals surface area contributed by atoms with Crippen LogP contribution in [0.2, 0.25) is 0 Å². The van der Waals surface area contributed by atoms with Crippen molar-refractivity contribution in [3.05, 3.63) is 10.4 Å². The highest BCUT2D eigenvalue weighted by molar-refractivity contribution is 5.26. The number of rotatable bonds is 2. The molecule has 8 heteroatoms. The highest BCUT2D eigenvalue weighted by atomic mass is 16.6. The van der Waals surface area contributed by atoms with Gasteiger partial charge in [-0.15, -0.1) is 0 Å². The molecule has 70 valence electrons. The van der Waals surface area contributed by atoms with Crippen LogP contribution in [0.1, 0.15) is 0 Å². The minimum Gasteiger partial charge on any atom is -0.373 e. The van der Waals surface area contributed by atoms with E-state index in [0.717, 1.165) is 18.8 Å². The molecular formula is C5H7N5O3. The van der Waals surface area contributed by atoms with Crippen LogP contribution < -0.4 is 0 Å². The molecule has 13 heavy (non-hydrogen) atoms. The molecule has 0 aromatic rings. The van der Waals surface area contributed by atoms with Crippen molar-refractivity contribution in [2.24, 2.45) is 5.11 Å². The quantitative estimate of drug-likeness (QED) is 0.161. The molecule has 1 saturated heterocycles. The minimum atomic E-state index is 0.232. The van der Waals surface area contributed by atoms with Gasteiger partial charge in [-0.05, 0) is 5.53 Å². The fourth-order valence-electron chi connectivity index (χ4n) is 0.301. The first-order valence-corrected chi connectivity index (χ1v) is 2.97. The summed E-state index contributed by atoms with van der Waals surface area (Å²) in [6.07, 6.45) is 1.73. The number of ether oxygens (including phenoxy) is 1. The van der Waals surface area contributed by atoms with Crippen molar-refractivity contribution >= 4 is 12.2 Å². The Kier molecular flexibility index (Phi) is 13.3. The second-order valence-corrected chi connectivity index (χ2v) is 1.57. The van der Waals surface area contributed by atoms with E-state index in [9.17, 15) is 0 Å². The number of hydrogen-bond acceptors (Lipinski definition) is 6. The van der Waals surface area contributed by atoms with Gasteiger partial charge >= 0.3 is 0 Å². The van der Waals surface area contributed by atoms with E-state index in [4.69, 9.17) is 30.7 Å². The molecule has 1 aliphatic heterocycles. The molecule has 0 amide bonds. The minimum absolute atomic E-state index is 0.232. The summed E-state index contributed by atoms with van der Waals surface area (Å²) in [5, 5.41) is 14.1. The van der Waals surface area contributed by atoms with Gasteiger partial charge in [0, 0.05) is 4.91 Å². The van der Waals surface area contributed by atoms with Gasteiger partial charge in [0.25, 0.3) is 0 Å². The first-order chi connectivity index (χ1) is 6.26. The molecule has 0 spiro atoms. The van der Waals surface area contributed by atoms with Crippen molar-refractivity contribution < 1.29 is 14.3 Å². The third kappa shape index (κ3) is 25.6. The second-order valence-electron chi connectivity index (χ2n) is 1.57. The molecule has 0 aromatic heterocycles. The van der Waals surface area contributed by atoms with Gasteiger partial charge in [-0.1, -0.05) is 5.11 Å². The lowest BCUT2D eigenvalue weighted by atomic mass is 10.5. The SMILES string of the molecule is N=C=O.N=C=O.[N-]=[N+]=NCC1CO1. The molecule has 0 saturated carbocycles. The lowest BCUT2D eigenvalue weighted by Gasteiger charge is -1.72. The van der Waals surface area contributed by atoms with Crippen LogP contribution in [0, 0.1) is 10.8 Å². The fourth-order valence-corrected chi connectivity index (χ4v) is 0.301. The largest absolute Gasteiger partial charge is 0.373 e. The molecule has 2 N–H and O–H groups in total. The summed E-state index contributed by atoms with van der Waals surface area (Å²) in [5.41, 5.74) is 7.75. The maximum atomic E-state index is 8.35. The van der Waals surface area contributed by atoms with Crippen molar-refractivity contribution in [3.8, 4) is 0 Å². The van der Waals surface area contributed by atoms with Crippen LogP contribution in [0.5, 0.6) is 0 Å². The van der Waals surface area contributed by atoms with Crippen molar-refractivity contribution in [1.29, 1.82) is 10.8 Å². The van der Waals surface area contributed by atoms with Gasteiger partial charge in [0.15, 0.2) is 0 Å². The molecule has 0 radical (unpaired) electrons. The Morgan fingerprint density at radius 3 is 2.15 bits per heavy atom. The molecule has 1 unspecified atom stereocenters. The van der Waals surface area contributed by atoms with Crippen LogP contribution in [0.25, 0.3) is 10.4 Å². The lowest BCUT2D eigenvalue weighted by molar-refractivity contribution is 0.412. The Bertz CT molecular complexity index is 219. The number of carbonyl (C=O) groups excluding carboxylic acids is 2. The van der Waals surface area contributed by atoms with Crippen LogP contribution in [0.3, 0.4) is 0 Å². The van der Waals surface area contributed by atoms with Crippen molar-refractivity contribution in [2.75, 3.05) is 13.2 Å². The molecule has 0 aromatic carbocycles. The zero-order chi connectivity index (χ0) is 10.5. The van der Waals surface area contributed by atoms with Gasteiger partial charge in [0.1, 0.15) is 0 Å². The summed E-state index contributed by atoms with van der Waals surface area (Å²) in [6, 6.07) is 0. The Labute approximate surface area is 73.1 Å². The van der Waals surface area contributed by atoms with Crippen molar-refractivity contribution in [3.63, 3.8) is 0 Å². The molecule has 0 bridgehead atoms. The number of isocyanates is 2. The van der Waals surface area contributed by atoms with Gasteiger partial charge in [0.05, 0.1) is 19.3 Å². The van der Waals surface area contributed by atoms with E-state index < -0.39 is 0 Å².